The van der Waals surface area contributed by atoms with Crippen molar-refractivity contribution in [1.29, 1.82) is 0 Å². The van der Waals surface area contributed by atoms with Crippen LogP contribution in [0.4, 0.5) is 11.4 Å². The number of carbonyl (C=O) groups excluding carboxylic acids is 1. The third kappa shape index (κ3) is 5.00. The second kappa shape index (κ2) is 9.25. The Morgan fingerprint density at radius 3 is 2.32 bits per heavy atom. The summed E-state index contributed by atoms with van der Waals surface area (Å²) in [6.07, 6.45) is 0. The van der Waals surface area contributed by atoms with Gasteiger partial charge in [-0.3, -0.25) is 4.79 Å². The van der Waals surface area contributed by atoms with Gasteiger partial charge in [-0.05, 0) is 61.9 Å². The van der Waals surface area contributed by atoms with Crippen LogP contribution >= 0.6 is 23.4 Å². The lowest BCUT2D eigenvalue weighted by Gasteiger charge is -2.37. The summed E-state index contributed by atoms with van der Waals surface area (Å²) in [5.74, 6) is 0.0288. The Hall–Kier alpha value is -2.63. The number of hydrogen-bond acceptors (Lipinski definition) is 4. The van der Waals surface area contributed by atoms with Crippen LogP contribution in [0.1, 0.15) is 21.5 Å². The largest absolute Gasteiger partial charge is 0.398 e. The van der Waals surface area contributed by atoms with Crippen LogP contribution in [0, 0.1) is 13.8 Å². The maximum Gasteiger partial charge on any atom is 0.254 e. The van der Waals surface area contributed by atoms with Gasteiger partial charge in [0.05, 0.1) is 0 Å². The number of aryl methyl sites for hydroxylation is 2. The highest BCUT2D eigenvalue weighted by Gasteiger charge is 2.23. The molecule has 0 spiro atoms. The quantitative estimate of drug-likeness (QED) is 0.520. The van der Waals surface area contributed by atoms with Gasteiger partial charge in [-0.15, -0.1) is 0 Å². The van der Waals surface area contributed by atoms with E-state index in [1.165, 1.54) is 11.1 Å². The predicted octanol–water partition coefficient (Wildman–Crippen LogP) is 5.65. The summed E-state index contributed by atoms with van der Waals surface area (Å²) in [4.78, 5) is 19.3. The van der Waals surface area contributed by atoms with E-state index in [4.69, 9.17) is 17.3 Å². The Morgan fingerprint density at radius 1 is 0.935 bits per heavy atom. The standard InChI is InChI=1S/C25H26ClN3OS/c1-17-3-8-21(9-4-17)31-24-10-6-19(15-22(24)27)25(30)29-13-11-28(12-14-29)23-16-20(26)7-5-18(23)2/h3-10,15-16H,11-14,27H2,1-2H3. The number of benzene rings is 3. The second-order valence-corrected chi connectivity index (χ2v) is 9.43. The molecular formula is C25H26ClN3OS. The van der Waals surface area contributed by atoms with Crippen molar-refractivity contribution in [3.05, 3.63) is 82.4 Å². The van der Waals surface area contributed by atoms with E-state index in [-0.39, 0.29) is 5.91 Å². The third-order valence-electron chi connectivity index (χ3n) is 5.58. The number of nitrogens with two attached hydrogens (primary N) is 1. The lowest BCUT2D eigenvalue weighted by atomic mass is 10.1. The molecule has 1 saturated heterocycles. The highest BCUT2D eigenvalue weighted by atomic mass is 35.5. The molecule has 0 aromatic heterocycles. The van der Waals surface area contributed by atoms with Crippen molar-refractivity contribution >= 4 is 40.6 Å². The summed E-state index contributed by atoms with van der Waals surface area (Å²) >= 11 is 7.79. The number of halogens is 1. The van der Waals surface area contributed by atoms with Crippen molar-refractivity contribution < 1.29 is 4.79 Å². The molecule has 0 atom stereocenters. The Balaban J connectivity index is 1.41. The van der Waals surface area contributed by atoms with Crippen LogP contribution in [0.5, 0.6) is 0 Å². The molecule has 4 rings (SSSR count). The molecule has 0 unspecified atom stereocenters. The van der Waals surface area contributed by atoms with Gasteiger partial charge in [0.15, 0.2) is 0 Å². The first-order chi connectivity index (χ1) is 14.9. The minimum Gasteiger partial charge on any atom is -0.398 e. The summed E-state index contributed by atoms with van der Waals surface area (Å²) in [5, 5.41) is 0.734. The van der Waals surface area contributed by atoms with E-state index >= 15 is 0 Å². The molecule has 0 radical (unpaired) electrons. The van der Waals surface area contributed by atoms with Gasteiger partial charge in [-0.25, -0.2) is 0 Å². The lowest BCUT2D eigenvalue weighted by molar-refractivity contribution is 0.0747. The van der Waals surface area contributed by atoms with Crippen LogP contribution < -0.4 is 10.6 Å². The average molecular weight is 452 g/mol. The van der Waals surface area contributed by atoms with Crippen molar-refractivity contribution in [3.63, 3.8) is 0 Å². The van der Waals surface area contributed by atoms with Gasteiger partial charge >= 0.3 is 0 Å². The Labute approximate surface area is 193 Å². The Morgan fingerprint density at radius 2 is 1.65 bits per heavy atom. The number of nitrogen functional groups attached to an aromatic ring is 1. The van der Waals surface area contributed by atoms with Gasteiger partial charge in [0, 0.05) is 57.9 Å². The molecule has 3 aromatic rings. The summed E-state index contributed by atoms with van der Waals surface area (Å²) in [5.41, 5.74) is 11.1. The number of carbonyl (C=O) groups is 1. The summed E-state index contributed by atoms with van der Waals surface area (Å²) in [6.45, 7) is 7.06. The Bertz CT molecular complexity index is 1090. The smallest absolute Gasteiger partial charge is 0.254 e. The zero-order chi connectivity index (χ0) is 22.0. The maximum atomic E-state index is 13.0. The second-order valence-electron chi connectivity index (χ2n) is 7.88. The van der Waals surface area contributed by atoms with E-state index in [0.29, 0.717) is 24.3 Å². The van der Waals surface area contributed by atoms with Gasteiger partial charge in [0.1, 0.15) is 0 Å². The normalized spacial score (nSPS) is 14.0. The van der Waals surface area contributed by atoms with Crippen LogP contribution in [0.15, 0.2) is 70.5 Å². The number of anilines is 2. The third-order valence-corrected chi connectivity index (χ3v) is 6.92. The molecule has 1 aliphatic rings. The first-order valence-corrected chi connectivity index (χ1v) is 11.5. The molecule has 2 N–H and O–H groups in total. The van der Waals surface area contributed by atoms with Crippen molar-refractivity contribution in [3.8, 4) is 0 Å². The van der Waals surface area contributed by atoms with Crippen LogP contribution in [-0.4, -0.2) is 37.0 Å². The summed E-state index contributed by atoms with van der Waals surface area (Å²) in [6, 6.07) is 19.9. The minimum absolute atomic E-state index is 0.0288. The highest BCUT2D eigenvalue weighted by Crippen LogP contribution is 2.33. The number of rotatable bonds is 4. The molecule has 3 aromatic carbocycles. The summed E-state index contributed by atoms with van der Waals surface area (Å²) < 4.78 is 0. The van der Waals surface area contributed by atoms with Crippen LogP contribution in [0.3, 0.4) is 0 Å². The molecule has 1 amide bonds. The number of piperazine rings is 1. The Kier molecular flexibility index (Phi) is 6.44. The van der Waals surface area contributed by atoms with E-state index < -0.39 is 0 Å². The van der Waals surface area contributed by atoms with E-state index in [1.54, 1.807) is 17.8 Å². The number of nitrogens with zero attached hydrogens (tertiary/aromatic N) is 2. The maximum absolute atomic E-state index is 13.0. The van der Waals surface area contributed by atoms with E-state index in [9.17, 15) is 4.79 Å². The van der Waals surface area contributed by atoms with Crippen LogP contribution in [-0.2, 0) is 0 Å². The molecule has 1 aliphatic heterocycles. The van der Waals surface area contributed by atoms with Gasteiger partial charge in [-0.2, -0.15) is 0 Å². The van der Waals surface area contributed by atoms with Crippen LogP contribution in [0.2, 0.25) is 5.02 Å². The van der Waals surface area contributed by atoms with E-state index in [1.807, 2.05) is 35.2 Å². The zero-order valence-electron chi connectivity index (χ0n) is 17.8. The molecule has 6 heteroatoms. The number of amides is 1. The fraction of sp³-hybridized carbons (Fsp3) is 0.240. The SMILES string of the molecule is Cc1ccc(Sc2ccc(C(=O)N3CCN(c4cc(Cl)ccc4C)CC3)cc2N)cc1. The van der Waals surface area contributed by atoms with Gasteiger partial charge < -0.3 is 15.5 Å². The van der Waals surface area contributed by atoms with Crippen molar-refractivity contribution in [1.82, 2.24) is 4.90 Å². The van der Waals surface area contributed by atoms with Crippen LogP contribution in [0.25, 0.3) is 0 Å². The predicted molar refractivity (Wildman–Crippen MR) is 130 cm³/mol. The van der Waals surface area contributed by atoms with Gasteiger partial charge in [0.25, 0.3) is 5.91 Å². The van der Waals surface area contributed by atoms with Crippen molar-refractivity contribution in [2.24, 2.45) is 0 Å². The molecule has 0 saturated carbocycles. The molecule has 1 heterocycles. The van der Waals surface area contributed by atoms with Crippen molar-refractivity contribution in [2.75, 3.05) is 36.8 Å². The van der Waals surface area contributed by atoms with Crippen molar-refractivity contribution in [2.45, 2.75) is 23.6 Å². The topological polar surface area (TPSA) is 49.6 Å². The first kappa shape index (κ1) is 21.6. The molecule has 1 fully saturated rings. The van der Waals surface area contributed by atoms with E-state index in [2.05, 4.69) is 43.0 Å². The molecule has 31 heavy (non-hydrogen) atoms. The van der Waals surface area contributed by atoms with Gasteiger partial charge in [-0.1, -0.05) is 47.1 Å². The molecule has 0 bridgehead atoms. The van der Waals surface area contributed by atoms with Gasteiger partial charge in [0.2, 0.25) is 0 Å². The average Bonchev–Trinajstić information content (AvgIpc) is 2.78. The molecule has 4 nitrogen and oxygen atoms in total. The lowest BCUT2D eigenvalue weighted by Crippen LogP contribution is -2.49. The fourth-order valence-corrected chi connectivity index (χ4v) is 4.77. The first-order valence-electron chi connectivity index (χ1n) is 10.3. The minimum atomic E-state index is 0.0288. The monoisotopic (exact) mass is 451 g/mol. The van der Waals surface area contributed by atoms with E-state index in [0.717, 1.165) is 33.6 Å². The molecule has 0 aliphatic carbocycles. The number of hydrogen-bond donors (Lipinski definition) is 1. The fourth-order valence-electron chi connectivity index (χ4n) is 3.76. The summed E-state index contributed by atoms with van der Waals surface area (Å²) in [7, 11) is 0. The zero-order valence-corrected chi connectivity index (χ0v) is 19.3. The highest BCUT2D eigenvalue weighted by molar-refractivity contribution is 7.99. The molecule has 160 valence electrons. The molecular weight excluding hydrogens is 426 g/mol.